The number of anilines is 2. The molecule has 0 aliphatic carbocycles. The summed E-state index contributed by atoms with van der Waals surface area (Å²) in [5.74, 6) is 1.54. The van der Waals surface area contributed by atoms with E-state index in [2.05, 4.69) is 66.4 Å². The highest BCUT2D eigenvalue weighted by atomic mass is 15.5. The average Bonchev–Trinajstić information content (AvgIpc) is 3.29. The summed E-state index contributed by atoms with van der Waals surface area (Å²) >= 11 is 0. The Morgan fingerprint density at radius 2 is 1.93 bits per heavy atom. The highest BCUT2D eigenvalue weighted by Crippen LogP contribution is 2.26. The number of aliphatic imine (C=N–C) groups is 2. The van der Waals surface area contributed by atoms with Gasteiger partial charge in [0.2, 0.25) is 0 Å². The predicted molar refractivity (Wildman–Crippen MR) is 121 cm³/mol. The molecular formula is C21H25N9. The Balaban J connectivity index is 1.32. The Morgan fingerprint density at radius 3 is 2.70 bits per heavy atom. The molecule has 0 unspecified atom stereocenters. The van der Waals surface area contributed by atoms with Crippen LogP contribution in [-0.4, -0.2) is 66.2 Å². The van der Waals surface area contributed by atoms with Crippen LogP contribution in [0.5, 0.6) is 0 Å². The molecule has 3 N–H and O–H groups in total. The van der Waals surface area contributed by atoms with Gasteiger partial charge >= 0.3 is 0 Å². The van der Waals surface area contributed by atoms with Gasteiger partial charge < -0.3 is 21.0 Å². The molecule has 0 saturated carbocycles. The molecule has 30 heavy (non-hydrogen) atoms. The Morgan fingerprint density at radius 1 is 1.10 bits per heavy atom. The molecule has 1 aromatic carbocycles. The van der Waals surface area contributed by atoms with Crippen LogP contribution in [0.1, 0.15) is 5.56 Å². The fourth-order valence-corrected chi connectivity index (χ4v) is 3.82. The second-order valence-corrected chi connectivity index (χ2v) is 7.21. The van der Waals surface area contributed by atoms with Crippen molar-refractivity contribution in [3.63, 3.8) is 0 Å². The zero-order chi connectivity index (χ0) is 20.3. The zero-order valence-electron chi connectivity index (χ0n) is 16.9. The van der Waals surface area contributed by atoms with Crippen LogP contribution in [-0.2, 0) is 0 Å². The summed E-state index contributed by atoms with van der Waals surface area (Å²) in [7, 11) is 1.84. The maximum absolute atomic E-state index is 4.69. The van der Waals surface area contributed by atoms with Gasteiger partial charge in [0.1, 0.15) is 0 Å². The quantitative estimate of drug-likeness (QED) is 0.718. The number of amidine groups is 2. The molecule has 5 rings (SSSR count). The van der Waals surface area contributed by atoms with Gasteiger partial charge in [-0.1, -0.05) is 0 Å². The van der Waals surface area contributed by atoms with E-state index in [1.165, 1.54) is 5.69 Å². The molecule has 9 nitrogen and oxygen atoms in total. The standard InChI is InChI=1S/C21H25N9/c1-22-30-15-16(14-26-30)19-6-7-25-21-20(24-10-13-29(19)21)27-17-2-4-18(5-3-17)28-11-8-23-9-12-28/h2-6,10,13-15,22-23H,7-9,11-12H2,1H3,(H,24,27). The molecular weight excluding hydrogens is 378 g/mol. The Bertz CT molecular complexity index is 1020. The van der Waals surface area contributed by atoms with Crippen molar-refractivity contribution in [1.29, 1.82) is 0 Å². The number of nitrogens with one attached hydrogen (secondary N) is 3. The van der Waals surface area contributed by atoms with E-state index in [1.807, 2.05) is 30.5 Å². The first kappa shape index (κ1) is 18.4. The second kappa shape index (κ2) is 8.03. The molecule has 4 heterocycles. The van der Waals surface area contributed by atoms with Gasteiger partial charge in [0.25, 0.3) is 0 Å². The number of rotatable bonds is 4. The smallest absolute Gasteiger partial charge is 0.176 e. The third-order valence-corrected chi connectivity index (χ3v) is 5.36. The van der Waals surface area contributed by atoms with E-state index in [0.717, 1.165) is 54.8 Å². The van der Waals surface area contributed by atoms with Gasteiger partial charge in [-0.15, -0.1) is 0 Å². The molecule has 0 atom stereocenters. The molecule has 0 amide bonds. The third-order valence-electron chi connectivity index (χ3n) is 5.36. The molecule has 3 aliphatic heterocycles. The summed E-state index contributed by atoms with van der Waals surface area (Å²) in [4.78, 5) is 15.4. The lowest BCUT2D eigenvalue weighted by Gasteiger charge is -2.31. The first-order valence-electron chi connectivity index (χ1n) is 10.2. The van der Waals surface area contributed by atoms with Crippen LogP contribution < -0.4 is 21.0 Å². The summed E-state index contributed by atoms with van der Waals surface area (Å²) in [5, 5.41) is 11.1. The Labute approximate surface area is 175 Å². The van der Waals surface area contributed by atoms with Crippen LogP contribution in [0.3, 0.4) is 0 Å². The third kappa shape index (κ3) is 3.55. The second-order valence-electron chi connectivity index (χ2n) is 7.21. The lowest BCUT2D eigenvalue weighted by Crippen LogP contribution is -2.43. The highest BCUT2D eigenvalue weighted by Gasteiger charge is 2.26. The summed E-state index contributed by atoms with van der Waals surface area (Å²) in [6, 6.07) is 8.51. The first-order valence-corrected chi connectivity index (χ1v) is 10.2. The Hall–Kier alpha value is -3.59. The van der Waals surface area contributed by atoms with Crippen molar-refractivity contribution in [2.24, 2.45) is 9.98 Å². The van der Waals surface area contributed by atoms with E-state index in [0.29, 0.717) is 6.54 Å². The number of fused-ring (bicyclic) bond motifs is 1. The fourth-order valence-electron chi connectivity index (χ4n) is 3.82. The van der Waals surface area contributed by atoms with Crippen LogP contribution in [0.15, 0.2) is 65.1 Å². The van der Waals surface area contributed by atoms with Crippen LogP contribution >= 0.6 is 0 Å². The molecule has 1 saturated heterocycles. The van der Waals surface area contributed by atoms with Gasteiger partial charge in [-0.3, -0.25) is 9.89 Å². The highest BCUT2D eigenvalue weighted by molar-refractivity contribution is 6.46. The van der Waals surface area contributed by atoms with Crippen molar-refractivity contribution in [2.45, 2.75) is 0 Å². The van der Waals surface area contributed by atoms with Gasteiger partial charge in [-0.2, -0.15) is 9.89 Å². The number of aromatic nitrogens is 2. The van der Waals surface area contributed by atoms with Crippen molar-refractivity contribution in [2.75, 3.05) is 55.4 Å². The molecule has 1 aromatic heterocycles. The fraction of sp³-hybridized carbons (Fsp3) is 0.286. The summed E-state index contributed by atoms with van der Waals surface area (Å²) in [6.45, 7) is 4.73. The molecule has 3 aliphatic rings. The van der Waals surface area contributed by atoms with Crippen molar-refractivity contribution in [3.8, 4) is 0 Å². The van der Waals surface area contributed by atoms with Crippen LogP contribution in [0.4, 0.5) is 11.4 Å². The van der Waals surface area contributed by atoms with Crippen LogP contribution in [0.25, 0.3) is 5.70 Å². The van der Waals surface area contributed by atoms with Gasteiger partial charge in [0.15, 0.2) is 11.7 Å². The van der Waals surface area contributed by atoms with E-state index in [4.69, 9.17) is 0 Å². The molecule has 0 spiro atoms. The zero-order valence-corrected chi connectivity index (χ0v) is 16.9. The maximum Gasteiger partial charge on any atom is 0.176 e. The van der Waals surface area contributed by atoms with Gasteiger partial charge in [0.05, 0.1) is 24.6 Å². The number of hydrogen-bond acceptors (Lipinski definition) is 8. The summed E-state index contributed by atoms with van der Waals surface area (Å²) in [5.41, 5.74) is 7.29. The van der Waals surface area contributed by atoms with E-state index in [9.17, 15) is 0 Å². The number of piperazine rings is 1. The van der Waals surface area contributed by atoms with Gasteiger partial charge in [-0.25, -0.2) is 4.99 Å². The predicted octanol–water partition coefficient (Wildman–Crippen LogP) is 1.52. The largest absolute Gasteiger partial charge is 0.369 e. The first-order chi connectivity index (χ1) is 14.8. The number of hydrogen-bond donors (Lipinski definition) is 3. The molecule has 0 radical (unpaired) electrons. The minimum Gasteiger partial charge on any atom is -0.369 e. The SMILES string of the molecule is CNn1cc(C2=CCN=C3C(Nc4ccc(N5CCNCC5)cc4)=NC=CN23)cn1. The minimum atomic E-state index is 0.600. The lowest BCUT2D eigenvalue weighted by atomic mass is 10.1. The topological polar surface area (TPSA) is 85.1 Å². The summed E-state index contributed by atoms with van der Waals surface area (Å²) in [6.07, 6.45) is 9.61. The van der Waals surface area contributed by atoms with E-state index in [1.54, 1.807) is 11.0 Å². The Kier molecular flexibility index (Phi) is 4.94. The van der Waals surface area contributed by atoms with E-state index >= 15 is 0 Å². The average molecular weight is 403 g/mol. The van der Waals surface area contributed by atoms with Crippen LogP contribution in [0, 0.1) is 0 Å². The summed E-state index contributed by atoms with van der Waals surface area (Å²) < 4.78 is 0. The van der Waals surface area contributed by atoms with E-state index < -0.39 is 0 Å². The molecule has 2 aromatic rings. The molecule has 0 bridgehead atoms. The van der Waals surface area contributed by atoms with Crippen molar-refractivity contribution in [3.05, 3.63) is 60.7 Å². The molecule has 154 valence electrons. The van der Waals surface area contributed by atoms with Gasteiger partial charge in [0, 0.05) is 62.6 Å². The normalized spacial score (nSPS) is 18.4. The number of benzene rings is 1. The van der Waals surface area contributed by atoms with Crippen molar-refractivity contribution in [1.82, 2.24) is 20.1 Å². The van der Waals surface area contributed by atoms with Gasteiger partial charge in [-0.05, 0) is 30.3 Å². The minimum absolute atomic E-state index is 0.600. The lowest BCUT2D eigenvalue weighted by molar-refractivity contribution is 0.589. The van der Waals surface area contributed by atoms with Crippen LogP contribution in [0.2, 0.25) is 0 Å². The molecule has 9 heteroatoms. The van der Waals surface area contributed by atoms with Crippen molar-refractivity contribution < 1.29 is 0 Å². The van der Waals surface area contributed by atoms with E-state index in [-0.39, 0.29) is 0 Å². The number of nitrogens with zero attached hydrogens (tertiary/aromatic N) is 6. The molecule has 1 fully saturated rings. The monoisotopic (exact) mass is 403 g/mol. The maximum atomic E-state index is 4.69. The van der Waals surface area contributed by atoms with Crippen molar-refractivity contribution >= 4 is 28.7 Å².